The van der Waals surface area contributed by atoms with Crippen molar-refractivity contribution >= 4 is 5.91 Å². The largest absolute Gasteiger partial charge is 0.330 e. The van der Waals surface area contributed by atoms with Crippen molar-refractivity contribution in [1.82, 2.24) is 5.48 Å². The SMILES string of the molecule is CONC(=O)C(CN)CC(C)C. The first-order valence-electron chi connectivity index (χ1n) is 4.14. The van der Waals surface area contributed by atoms with Gasteiger partial charge in [0.1, 0.15) is 0 Å². The van der Waals surface area contributed by atoms with Crippen LogP contribution in [-0.4, -0.2) is 19.6 Å². The molecule has 0 aliphatic heterocycles. The van der Waals surface area contributed by atoms with Crippen LogP contribution in [0.3, 0.4) is 0 Å². The predicted octanol–water partition coefficient (Wildman–Crippen LogP) is 0.285. The van der Waals surface area contributed by atoms with Crippen molar-refractivity contribution in [2.24, 2.45) is 17.6 Å². The Labute approximate surface area is 73.4 Å². The zero-order valence-corrected chi connectivity index (χ0v) is 7.96. The smallest absolute Gasteiger partial charge is 0.247 e. The molecule has 72 valence electrons. The van der Waals surface area contributed by atoms with Gasteiger partial charge in [-0.25, -0.2) is 5.48 Å². The fraction of sp³-hybridized carbons (Fsp3) is 0.875. The molecule has 0 spiro atoms. The van der Waals surface area contributed by atoms with E-state index in [1.807, 2.05) is 0 Å². The lowest BCUT2D eigenvalue weighted by molar-refractivity contribution is -0.135. The number of hydroxylamine groups is 1. The van der Waals surface area contributed by atoms with Gasteiger partial charge in [-0.3, -0.25) is 9.63 Å². The van der Waals surface area contributed by atoms with Crippen LogP contribution in [0.25, 0.3) is 0 Å². The molecule has 0 fully saturated rings. The van der Waals surface area contributed by atoms with E-state index in [2.05, 4.69) is 24.2 Å². The number of rotatable bonds is 5. The molecule has 4 heteroatoms. The van der Waals surface area contributed by atoms with Crippen LogP contribution in [0.4, 0.5) is 0 Å². The molecule has 12 heavy (non-hydrogen) atoms. The van der Waals surface area contributed by atoms with Crippen LogP contribution in [0.15, 0.2) is 0 Å². The summed E-state index contributed by atoms with van der Waals surface area (Å²) in [6, 6.07) is 0. The second-order valence-electron chi connectivity index (χ2n) is 3.23. The number of hydrogen-bond acceptors (Lipinski definition) is 3. The van der Waals surface area contributed by atoms with Crippen LogP contribution in [-0.2, 0) is 9.63 Å². The van der Waals surface area contributed by atoms with Gasteiger partial charge in [-0.2, -0.15) is 0 Å². The lowest BCUT2D eigenvalue weighted by Gasteiger charge is -2.15. The molecule has 0 bridgehead atoms. The molecule has 0 rings (SSSR count). The van der Waals surface area contributed by atoms with Crippen LogP contribution in [0, 0.1) is 11.8 Å². The van der Waals surface area contributed by atoms with Gasteiger partial charge in [0.15, 0.2) is 0 Å². The minimum Gasteiger partial charge on any atom is -0.330 e. The molecule has 0 aliphatic rings. The summed E-state index contributed by atoms with van der Waals surface area (Å²) in [6.45, 7) is 4.48. The van der Waals surface area contributed by atoms with Crippen molar-refractivity contribution in [3.8, 4) is 0 Å². The molecule has 0 saturated carbocycles. The summed E-state index contributed by atoms with van der Waals surface area (Å²) in [4.78, 5) is 15.7. The summed E-state index contributed by atoms with van der Waals surface area (Å²) in [5.74, 6) is 0.208. The molecule has 0 saturated heterocycles. The second-order valence-corrected chi connectivity index (χ2v) is 3.23. The van der Waals surface area contributed by atoms with Gasteiger partial charge in [0.2, 0.25) is 5.91 Å². The van der Waals surface area contributed by atoms with Crippen LogP contribution in [0.2, 0.25) is 0 Å². The van der Waals surface area contributed by atoms with Gasteiger partial charge >= 0.3 is 0 Å². The number of amides is 1. The minimum atomic E-state index is -0.134. The zero-order chi connectivity index (χ0) is 9.56. The third kappa shape index (κ3) is 4.31. The molecule has 0 aromatic carbocycles. The van der Waals surface area contributed by atoms with Gasteiger partial charge in [-0.1, -0.05) is 13.8 Å². The molecule has 0 radical (unpaired) electrons. The number of nitrogens with one attached hydrogen (secondary N) is 1. The highest BCUT2D eigenvalue weighted by atomic mass is 16.6. The van der Waals surface area contributed by atoms with E-state index in [0.29, 0.717) is 12.5 Å². The molecule has 0 aliphatic carbocycles. The van der Waals surface area contributed by atoms with Crippen LogP contribution in [0.1, 0.15) is 20.3 Å². The lowest BCUT2D eigenvalue weighted by atomic mass is 9.97. The van der Waals surface area contributed by atoms with E-state index >= 15 is 0 Å². The van der Waals surface area contributed by atoms with Crippen molar-refractivity contribution in [2.45, 2.75) is 20.3 Å². The molecule has 1 unspecified atom stereocenters. The maximum absolute atomic E-state index is 11.2. The highest BCUT2D eigenvalue weighted by molar-refractivity contribution is 5.77. The number of carbonyl (C=O) groups is 1. The monoisotopic (exact) mass is 174 g/mol. The summed E-state index contributed by atoms with van der Waals surface area (Å²) in [6.07, 6.45) is 0.797. The quantitative estimate of drug-likeness (QED) is 0.589. The van der Waals surface area contributed by atoms with Crippen molar-refractivity contribution < 1.29 is 9.63 Å². The van der Waals surface area contributed by atoms with E-state index in [0.717, 1.165) is 6.42 Å². The van der Waals surface area contributed by atoms with Gasteiger partial charge in [0.05, 0.1) is 13.0 Å². The van der Waals surface area contributed by atoms with Crippen molar-refractivity contribution in [3.05, 3.63) is 0 Å². The Balaban J connectivity index is 3.87. The Kier molecular flexibility index (Phi) is 5.66. The van der Waals surface area contributed by atoms with Gasteiger partial charge in [-0.15, -0.1) is 0 Å². The fourth-order valence-electron chi connectivity index (χ4n) is 1.06. The summed E-state index contributed by atoms with van der Waals surface area (Å²) < 4.78 is 0. The summed E-state index contributed by atoms with van der Waals surface area (Å²) in [5, 5.41) is 0. The van der Waals surface area contributed by atoms with Crippen LogP contribution >= 0.6 is 0 Å². The van der Waals surface area contributed by atoms with Gasteiger partial charge < -0.3 is 5.73 Å². The first kappa shape index (κ1) is 11.4. The Morgan fingerprint density at radius 1 is 1.58 bits per heavy atom. The van der Waals surface area contributed by atoms with Crippen molar-refractivity contribution in [1.29, 1.82) is 0 Å². The fourth-order valence-corrected chi connectivity index (χ4v) is 1.06. The number of nitrogens with two attached hydrogens (primary N) is 1. The zero-order valence-electron chi connectivity index (χ0n) is 7.96. The molecule has 1 atom stereocenters. The minimum absolute atomic E-state index is 0.131. The van der Waals surface area contributed by atoms with Crippen molar-refractivity contribution in [2.75, 3.05) is 13.7 Å². The first-order valence-corrected chi connectivity index (χ1v) is 4.14. The Morgan fingerprint density at radius 2 is 2.17 bits per heavy atom. The number of carbonyl (C=O) groups excluding carboxylic acids is 1. The van der Waals surface area contributed by atoms with Gasteiger partial charge in [0.25, 0.3) is 0 Å². The highest BCUT2D eigenvalue weighted by Crippen LogP contribution is 2.10. The standard InChI is InChI=1S/C8H18N2O2/c1-6(2)4-7(5-9)8(11)10-12-3/h6-7H,4-5,9H2,1-3H3,(H,10,11). The van der Waals surface area contributed by atoms with E-state index in [9.17, 15) is 4.79 Å². The van der Waals surface area contributed by atoms with Gasteiger partial charge in [-0.05, 0) is 12.3 Å². The maximum Gasteiger partial charge on any atom is 0.247 e. The first-order chi connectivity index (χ1) is 5.61. The Morgan fingerprint density at radius 3 is 2.50 bits per heavy atom. The number of hydrogen-bond donors (Lipinski definition) is 2. The third-order valence-corrected chi connectivity index (χ3v) is 1.61. The van der Waals surface area contributed by atoms with Crippen LogP contribution in [0.5, 0.6) is 0 Å². The molecule has 3 N–H and O–H groups in total. The van der Waals surface area contributed by atoms with E-state index in [1.54, 1.807) is 0 Å². The molecule has 0 aromatic rings. The van der Waals surface area contributed by atoms with Gasteiger partial charge in [0, 0.05) is 6.54 Å². The molecule has 0 heterocycles. The maximum atomic E-state index is 11.2. The third-order valence-electron chi connectivity index (χ3n) is 1.61. The molecule has 1 amide bonds. The average molecular weight is 174 g/mol. The van der Waals surface area contributed by atoms with E-state index < -0.39 is 0 Å². The van der Waals surface area contributed by atoms with Crippen LogP contribution < -0.4 is 11.2 Å². The predicted molar refractivity (Wildman–Crippen MR) is 47.2 cm³/mol. The average Bonchev–Trinajstić information content (AvgIpc) is 2.00. The summed E-state index contributed by atoms with van der Waals surface area (Å²) in [7, 11) is 1.42. The topological polar surface area (TPSA) is 64.3 Å². The van der Waals surface area contributed by atoms with E-state index in [1.165, 1.54) is 7.11 Å². The summed E-state index contributed by atoms with van der Waals surface area (Å²) >= 11 is 0. The second kappa shape index (κ2) is 5.97. The molecule has 4 nitrogen and oxygen atoms in total. The molecule has 0 aromatic heterocycles. The summed E-state index contributed by atoms with van der Waals surface area (Å²) in [5.41, 5.74) is 7.72. The lowest BCUT2D eigenvalue weighted by Crippen LogP contribution is -2.35. The molecular formula is C8H18N2O2. The Bertz CT molecular complexity index is 137. The van der Waals surface area contributed by atoms with E-state index in [-0.39, 0.29) is 11.8 Å². The van der Waals surface area contributed by atoms with Crippen molar-refractivity contribution in [3.63, 3.8) is 0 Å². The molecular weight excluding hydrogens is 156 g/mol. The Hall–Kier alpha value is -0.610. The highest BCUT2D eigenvalue weighted by Gasteiger charge is 2.17. The van der Waals surface area contributed by atoms with E-state index in [4.69, 9.17) is 5.73 Å². The normalized spacial score (nSPS) is 13.1.